The topological polar surface area (TPSA) is 77.4 Å². The minimum atomic E-state index is -0.381. The van der Waals surface area contributed by atoms with Crippen LogP contribution in [0.15, 0.2) is 45.0 Å². The number of hydrogen-bond acceptors (Lipinski definition) is 5. The Labute approximate surface area is 162 Å². The maximum absolute atomic E-state index is 12.8. The number of fused-ring (bicyclic) bond motifs is 3. The summed E-state index contributed by atoms with van der Waals surface area (Å²) in [6.45, 7) is 4.63. The van der Waals surface area contributed by atoms with Gasteiger partial charge in [0, 0.05) is 20.6 Å². The van der Waals surface area contributed by atoms with E-state index in [0.29, 0.717) is 23.7 Å². The quantitative estimate of drug-likeness (QED) is 0.692. The Kier molecular flexibility index (Phi) is 4.41. The number of nitrogens with zero attached hydrogens (tertiary/aromatic N) is 6. The Morgan fingerprint density at radius 3 is 2.50 bits per heavy atom. The van der Waals surface area contributed by atoms with Crippen LogP contribution in [0.1, 0.15) is 31.9 Å². The molecule has 0 saturated carbocycles. The molecule has 1 aromatic carbocycles. The van der Waals surface area contributed by atoms with Crippen LogP contribution in [-0.4, -0.2) is 30.9 Å². The van der Waals surface area contributed by atoms with Crippen molar-refractivity contribution in [2.75, 3.05) is 11.6 Å². The van der Waals surface area contributed by atoms with E-state index in [1.165, 1.54) is 17.2 Å². The van der Waals surface area contributed by atoms with Crippen LogP contribution in [0.5, 0.6) is 0 Å². The molecule has 146 valence electrons. The molecule has 4 rings (SSSR count). The fourth-order valence-electron chi connectivity index (χ4n) is 3.69. The van der Waals surface area contributed by atoms with Crippen molar-refractivity contribution >= 4 is 22.8 Å². The van der Waals surface area contributed by atoms with Crippen molar-refractivity contribution in [2.45, 2.75) is 32.7 Å². The second-order valence-corrected chi connectivity index (χ2v) is 7.29. The number of hydrogen-bond donors (Lipinski definition) is 0. The van der Waals surface area contributed by atoms with Gasteiger partial charge in [0.05, 0.1) is 11.8 Å². The molecule has 28 heavy (non-hydrogen) atoms. The fourth-order valence-corrected chi connectivity index (χ4v) is 3.69. The van der Waals surface area contributed by atoms with E-state index in [2.05, 4.69) is 17.1 Å². The molecule has 3 aromatic rings. The third-order valence-electron chi connectivity index (χ3n) is 5.45. The highest BCUT2D eigenvalue weighted by Crippen LogP contribution is 2.29. The maximum Gasteiger partial charge on any atom is 0.332 e. The molecular formula is C20H24N6O2. The van der Waals surface area contributed by atoms with Gasteiger partial charge in [0.15, 0.2) is 11.2 Å². The number of benzene rings is 1. The van der Waals surface area contributed by atoms with Crippen LogP contribution in [-0.2, 0) is 20.5 Å². The van der Waals surface area contributed by atoms with Crippen LogP contribution < -0.4 is 16.3 Å². The normalized spacial score (nSPS) is 16.4. The van der Waals surface area contributed by atoms with Crippen molar-refractivity contribution in [3.63, 3.8) is 0 Å². The highest BCUT2D eigenvalue weighted by molar-refractivity contribution is 5.91. The SMILES string of the molecule is CC1=NN(CCCc2ccccc2)c2nc3c(c(=O)n(C)c(=O)n3C)n2[C@@H]1C. The van der Waals surface area contributed by atoms with Crippen molar-refractivity contribution < 1.29 is 0 Å². The van der Waals surface area contributed by atoms with Crippen LogP contribution in [0.4, 0.5) is 5.95 Å². The van der Waals surface area contributed by atoms with Crippen LogP contribution in [0, 0.1) is 0 Å². The monoisotopic (exact) mass is 380 g/mol. The predicted octanol–water partition coefficient (Wildman–Crippen LogP) is 1.82. The highest BCUT2D eigenvalue weighted by atomic mass is 16.2. The smallest absolute Gasteiger partial charge is 0.294 e. The lowest BCUT2D eigenvalue weighted by Gasteiger charge is -2.29. The molecule has 1 aliphatic heterocycles. The zero-order chi connectivity index (χ0) is 20.0. The zero-order valence-electron chi connectivity index (χ0n) is 16.6. The van der Waals surface area contributed by atoms with Gasteiger partial charge >= 0.3 is 5.69 Å². The van der Waals surface area contributed by atoms with Gasteiger partial charge < -0.3 is 0 Å². The Bertz CT molecular complexity index is 1190. The van der Waals surface area contributed by atoms with Gasteiger partial charge in [-0.2, -0.15) is 10.1 Å². The van der Waals surface area contributed by atoms with Crippen molar-refractivity contribution in [1.29, 1.82) is 0 Å². The molecule has 3 heterocycles. The number of rotatable bonds is 4. The van der Waals surface area contributed by atoms with E-state index in [-0.39, 0.29) is 17.3 Å². The molecule has 0 radical (unpaired) electrons. The summed E-state index contributed by atoms with van der Waals surface area (Å²) < 4.78 is 4.46. The van der Waals surface area contributed by atoms with E-state index in [1.807, 2.05) is 41.6 Å². The molecule has 0 aliphatic carbocycles. The van der Waals surface area contributed by atoms with Gasteiger partial charge in [0.25, 0.3) is 5.56 Å². The molecule has 0 N–H and O–H groups in total. The van der Waals surface area contributed by atoms with E-state index in [9.17, 15) is 9.59 Å². The van der Waals surface area contributed by atoms with Gasteiger partial charge in [0.2, 0.25) is 5.95 Å². The van der Waals surface area contributed by atoms with E-state index >= 15 is 0 Å². The predicted molar refractivity (Wildman–Crippen MR) is 110 cm³/mol. The number of imidazole rings is 1. The Morgan fingerprint density at radius 1 is 1.07 bits per heavy atom. The summed E-state index contributed by atoms with van der Waals surface area (Å²) >= 11 is 0. The van der Waals surface area contributed by atoms with Gasteiger partial charge in [-0.3, -0.25) is 18.5 Å². The summed E-state index contributed by atoms with van der Waals surface area (Å²) in [6, 6.07) is 10.2. The first-order valence-electron chi connectivity index (χ1n) is 9.44. The van der Waals surface area contributed by atoms with Crippen LogP contribution in [0.2, 0.25) is 0 Å². The fraction of sp³-hybridized carbons (Fsp3) is 0.400. The second-order valence-electron chi connectivity index (χ2n) is 7.29. The lowest BCUT2D eigenvalue weighted by molar-refractivity contribution is 0.623. The molecule has 0 unspecified atom stereocenters. The molecular weight excluding hydrogens is 356 g/mol. The van der Waals surface area contributed by atoms with Crippen molar-refractivity contribution in [3.8, 4) is 0 Å². The summed E-state index contributed by atoms with van der Waals surface area (Å²) in [5, 5.41) is 6.56. The molecule has 8 nitrogen and oxygen atoms in total. The summed E-state index contributed by atoms with van der Waals surface area (Å²) in [6.07, 6.45) is 1.83. The Hall–Kier alpha value is -3.16. The summed E-state index contributed by atoms with van der Waals surface area (Å²) in [7, 11) is 3.14. The van der Waals surface area contributed by atoms with Crippen molar-refractivity contribution in [2.24, 2.45) is 19.2 Å². The van der Waals surface area contributed by atoms with Crippen molar-refractivity contribution in [1.82, 2.24) is 18.7 Å². The maximum atomic E-state index is 12.8. The average Bonchev–Trinajstić information content (AvgIpc) is 3.10. The molecule has 0 saturated heterocycles. The van der Waals surface area contributed by atoms with E-state index < -0.39 is 0 Å². The number of hydrazone groups is 1. The first-order chi connectivity index (χ1) is 13.4. The first-order valence-corrected chi connectivity index (χ1v) is 9.44. The molecule has 1 aliphatic rings. The van der Waals surface area contributed by atoms with Crippen LogP contribution in [0.3, 0.4) is 0 Å². The molecule has 2 aromatic heterocycles. The van der Waals surface area contributed by atoms with E-state index in [4.69, 9.17) is 5.10 Å². The first kappa shape index (κ1) is 18.2. The number of anilines is 1. The largest absolute Gasteiger partial charge is 0.332 e. The summed E-state index contributed by atoms with van der Waals surface area (Å²) in [4.78, 5) is 29.8. The minimum Gasteiger partial charge on any atom is -0.294 e. The number of aromatic nitrogens is 4. The standard InChI is InChI=1S/C20H24N6O2/c1-13-14(2)26-16-17(23(3)20(28)24(4)18(16)27)21-19(26)25(22-13)12-8-11-15-9-6-5-7-10-15/h5-7,9-10,14H,8,11-12H2,1-4H3/t14-/m1/s1. The molecule has 8 heteroatoms. The molecule has 0 fully saturated rings. The van der Waals surface area contributed by atoms with Crippen LogP contribution in [0.25, 0.3) is 11.2 Å². The third kappa shape index (κ3) is 2.76. The van der Waals surface area contributed by atoms with Gasteiger partial charge in [-0.1, -0.05) is 30.3 Å². The highest BCUT2D eigenvalue weighted by Gasteiger charge is 2.30. The zero-order valence-corrected chi connectivity index (χ0v) is 16.6. The van der Waals surface area contributed by atoms with Gasteiger partial charge in [-0.15, -0.1) is 0 Å². The lowest BCUT2D eigenvalue weighted by Crippen LogP contribution is -2.38. The number of aryl methyl sites for hydroxylation is 2. The second kappa shape index (κ2) is 6.78. The molecule has 0 bridgehead atoms. The van der Waals surface area contributed by atoms with Gasteiger partial charge in [-0.05, 0) is 32.3 Å². The van der Waals surface area contributed by atoms with E-state index in [0.717, 1.165) is 23.1 Å². The van der Waals surface area contributed by atoms with E-state index in [1.54, 1.807) is 7.05 Å². The summed E-state index contributed by atoms with van der Waals surface area (Å²) in [5.74, 6) is 0.611. The van der Waals surface area contributed by atoms with Gasteiger partial charge in [-0.25, -0.2) is 9.80 Å². The Balaban J connectivity index is 1.75. The van der Waals surface area contributed by atoms with Crippen LogP contribution >= 0.6 is 0 Å². The lowest BCUT2D eigenvalue weighted by atomic mass is 10.1. The summed E-state index contributed by atoms with van der Waals surface area (Å²) in [5.41, 5.74) is 2.31. The minimum absolute atomic E-state index is 0.101. The van der Waals surface area contributed by atoms with Crippen molar-refractivity contribution in [3.05, 3.63) is 56.7 Å². The van der Waals surface area contributed by atoms with Gasteiger partial charge in [0.1, 0.15) is 0 Å². The molecule has 0 amide bonds. The third-order valence-corrected chi connectivity index (χ3v) is 5.45. The average molecular weight is 380 g/mol. The Morgan fingerprint density at radius 2 is 1.79 bits per heavy atom. The molecule has 0 spiro atoms. The molecule has 1 atom stereocenters.